The van der Waals surface area contributed by atoms with Gasteiger partial charge in [-0.25, -0.2) is 0 Å². The average Bonchev–Trinajstić information content (AvgIpc) is 2.98. The molecular formula is C19H11Br3N2O2. The topological polar surface area (TPSA) is 55.0 Å². The summed E-state index contributed by atoms with van der Waals surface area (Å²) >= 11 is 10.4. The van der Waals surface area contributed by atoms with Crippen LogP contribution in [0.4, 0.5) is 0 Å². The van der Waals surface area contributed by atoms with Gasteiger partial charge in [0.15, 0.2) is 0 Å². The van der Waals surface area contributed by atoms with Gasteiger partial charge in [-0.05, 0) is 68.3 Å². The maximum atomic E-state index is 13.1. The highest BCUT2D eigenvalue weighted by atomic mass is 79.9. The lowest BCUT2D eigenvalue weighted by Crippen LogP contribution is -2.05. The molecule has 130 valence electrons. The standard InChI is InChI=1S/C19H11Br3N2O2/c1-26-19-13(21)6-9(7-14(19)22)18(25)17-16-11(4-5-23-17)12-8-10(20)2-3-15(12)24-16/h2-8,24H,1H3. The van der Waals surface area contributed by atoms with Crippen molar-refractivity contribution >= 4 is 75.4 Å². The van der Waals surface area contributed by atoms with E-state index in [4.69, 9.17) is 4.74 Å². The molecule has 1 N–H and O–H groups in total. The molecule has 2 aromatic heterocycles. The number of carbonyl (C=O) groups excluding carboxylic acids is 1. The Morgan fingerprint density at radius 2 is 1.77 bits per heavy atom. The van der Waals surface area contributed by atoms with Gasteiger partial charge in [-0.15, -0.1) is 0 Å². The quantitative estimate of drug-likeness (QED) is 0.314. The van der Waals surface area contributed by atoms with Gasteiger partial charge in [0, 0.05) is 32.5 Å². The van der Waals surface area contributed by atoms with Gasteiger partial charge in [-0.1, -0.05) is 15.9 Å². The van der Waals surface area contributed by atoms with Crippen LogP contribution in [0.3, 0.4) is 0 Å². The van der Waals surface area contributed by atoms with E-state index in [2.05, 4.69) is 57.8 Å². The fraction of sp³-hybridized carbons (Fsp3) is 0.0526. The van der Waals surface area contributed by atoms with Gasteiger partial charge < -0.3 is 9.72 Å². The number of carbonyl (C=O) groups is 1. The highest BCUT2D eigenvalue weighted by molar-refractivity contribution is 9.11. The minimum Gasteiger partial charge on any atom is -0.494 e. The van der Waals surface area contributed by atoms with Crippen molar-refractivity contribution in [1.82, 2.24) is 9.97 Å². The van der Waals surface area contributed by atoms with E-state index in [9.17, 15) is 4.79 Å². The first-order valence-corrected chi connectivity index (χ1v) is 10.0. The van der Waals surface area contributed by atoms with Gasteiger partial charge in [0.05, 0.1) is 21.6 Å². The van der Waals surface area contributed by atoms with E-state index < -0.39 is 0 Å². The third-order valence-corrected chi connectivity index (χ3v) is 5.83. The summed E-state index contributed by atoms with van der Waals surface area (Å²) in [5, 5.41) is 2.01. The molecule has 0 aliphatic heterocycles. The van der Waals surface area contributed by atoms with Crippen molar-refractivity contribution in [2.75, 3.05) is 7.11 Å². The molecule has 0 aliphatic rings. The van der Waals surface area contributed by atoms with Crippen LogP contribution in [0.5, 0.6) is 5.75 Å². The largest absolute Gasteiger partial charge is 0.494 e. The van der Waals surface area contributed by atoms with Crippen LogP contribution in [0.15, 0.2) is 56.0 Å². The summed E-state index contributed by atoms with van der Waals surface area (Å²) < 4.78 is 7.69. The van der Waals surface area contributed by atoms with Crippen LogP contribution >= 0.6 is 47.8 Å². The Hall–Kier alpha value is -1.70. The Kier molecular flexibility index (Phi) is 4.62. The van der Waals surface area contributed by atoms with Gasteiger partial charge in [0.1, 0.15) is 11.4 Å². The zero-order valence-electron chi connectivity index (χ0n) is 13.4. The first kappa shape index (κ1) is 17.7. The number of methoxy groups -OCH3 is 1. The number of nitrogens with zero attached hydrogens (tertiary/aromatic N) is 1. The van der Waals surface area contributed by atoms with Crippen LogP contribution < -0.4 is 4.74 Å². The maximum Gasteiger partial charge on any atom is 0.213 e. The number of ketones is 1. The minimum absolute atomic E-state index is 0.162. The first-order valence-electron chi connectivity index (χ1n) is 7.63. The molecule has 0 fully saturated rings. The van der Waals surface area contributed by atoms with Crippen molar-refractivity contribution in [2.45, 2.75) is 0 Å². The van der Waals surface area contributed by atoms with Crippen LogP contribution in [0, 0.1) is 0 Å². The van der Waals surface area contributed by atoms with Crippen molar-refractivity contribution < 1.29 is 9.53 Å². The third kappa shape index (κ3) is 2.88. The second kappa shape index (κ2) is 6.79. The lowest BCUT2D eigenvalue weighted by molar-refractivity contribution is 0.103. The van der Waals surface area contributed by atoms with Crippen molar-refractivity contribution in [3.8, 4) is 5.75 Å². The lowest BCUT2D eigenvalue weighted by Gasteiger charge is -2.09. The van der Waals surface area contributed by atoms with E-state index in [-0.39, 0.29) is 5.78 Å². The van der Waals surface area contributed by atoms with Crippen molar-refractivity contribution in [1.29, 1.82) is 0 Å². The molecule has 0 radical (unpaired) electrons. The molecule has 0 spiro atoms. The summed E-state index contributed by atoms with van der Waals surface area (Å²) in [7, 11) is 1.58. The molecule has 0 atom stereocenters. The number of aromatic amines is 1. The number of H-pyrrole nitrogens is 1. The van der Waals surface area contributed by atoms with Gasteiger partial charge in [-0.3, -0.25) is 9.78 Å². The molecule has 4 rings (SSSR count). The molecule has 2 heterocycles. The number of fused-ring (bicyclic) bond motifs is 3. The molecule has 0 bridgehead atoms. The van der Waals surface area contributed by atoms with E-state index in [1.165, 1.54) is 0 Å². The normalized spacial score (nSPS) is 11.2. The Bertz CT molecular complexity index is 1160. The minimum atomic E-state index is -0.162. The number of pyridine rings is 1. The summed E-state index contributed by atoms with van der Waals surface area (Å²) in [5.41, 5.74) is 2.60. The number of aromatic nitrogens is 2. The van der Waals surface area contributed by atoms with Crippen LogP contribution in [0.25, 0.3) is 21.8 Å². The van der Waals surface area contributed by atoms with E-state index in [1.807, 2.05) is 24.3 Å². The summed E-state index contributed by atoms with van der Waals surface area (Å²) in [5.74, 6) is 0.480. The fourth-order valence-electron chi connectivity index (χ4n) is 2.99. The molecule has 4 aromatic rings. The molecule has 7 heteroatoms. The van der Waals surface area contributed by atoms with Crippen molar-refractivity contribution in [3.05, 3.63) is 67.3 Å². The number of hydrogen-bond donors (Lipinski definition) is 1. The highest BCUT2D eigenvalue weighted by Crippen LogP contribution is 2.36. The molecule has 26 heavy (non-hydrogen) atoms. The van der Waals surface area contributed by atoms with Crippen molar-refractivity contribution in [2.24, 2.45) is 0 Å². The second-order valence-electron chi connectivity index (χ2n) is 5.70. The predicted molar refractivity (Wildman–Crippen MR) is 113 cm³/mol. The van der Waals surface area contributed by atoms with Crippen LogP contribution in [0.1, 0.15) is 16.1 Å². The number of benzene rings is 2. The maximum absolute atomic E-state index is 13.1. The van der Waals surface area contributed by atoms with Gasteiger partial charge in [0.2, 0.25) is 5.78 Å². The number of ether oxygens (including phenoxy) is 1. The summed E-state index contributed by atoms with van der Waals surface area (Å²) in [6, 6.07) is 11.4. The number of hydrogen-bond acceptors (Lipinski definition) is 3. The molecule has 2 aromatic carbocycles. The number of rotatable bonds is 3. The molecule has 0 saturated carbocycles. The molecule has 0 aliphatic carbocycles. The van der Waals surface area contributed by atoms with E-state index in [1.54, 1.807) is 25.4 Å². The Labute approximate surface area is 174 Å². The Balaban J connectivity index is 1.92. The first-order chi connectivity index (χ1) is 12.5. The Morgan fingerprint density at radius 1 is 1.04 bits per heavy atom. The van der Waals surface area contributed by atoms with Crippen molar-refractivity contribution in [3.63, 3.8) is 0 Å². The fourth-order valence-corrected chi connectivity index (χ4v) is 4.86. The smallest absolute Gasteiger partial charge is 0.213 e. The lowest BCUT2D eigenvalue weighted by atomic mass is 10.1. The van der Waals surface area contributed by atoms with Crippen LogP contribution in [-0.2, 0) is 0 Å². The van der Waals surface area contributed by atoms with E-state index >= 15 is 0 Å². The van der Waals surface area contributed by atoms with Gasteiger partial charge in [-0.2, -0.15) is 0 Å². The summed E-state index contributed by atoms with van der Waals surface area (Å²) in [6.45, 7) is 0. The van der Waals surface area contributed by atoms with Gasteiger partial charge >= 0.3 is 0 Å². The molecular weight excluding hydrogens is 528 g/mol. The average molecular weight is 539 g/mol. The number of nitrogens with one attached hydrogen (secondary N) is 1. The number of halogens is 3. The van der Waals surface area contributed by atoms with E-state index in [0.29, 0.717) is 26.0 Å². The van der Waals surface area contributed by atoms with Crippen LogP contribution in [-0.4, -0.2) is 22.9 Å². The van der Waals surface area contributed by atoms with E-state index in [0.717, 1.165) is 26.3 Å². The Morgan fingerprint density at radius 3 is 2.46 bits per heavy atom. The van der Waals surface area contributed by atoms with Crippen LogP contribution in [0.2, 0.25) is 0 Å². The zero-order chi connectivity index (χ0) is 18.4. The van der Waals surface area contributed by atoms with Gasteiger partial charge in [0.25, 0.3) is 0 Å². The highest BCUT2D eigenvalue weighted by Gasteiger charge is 2.19. The molecule has 4 nitrogen and oxygen atoms in total. The summed E-state index contributed by atoms with van der Waals surface area (Å²) in [4.78, 5) is 20.8. The molecule has 0 amide bonds. The zero-order valence-corrected chi connectivity index (χ0v) is 18.2. The third-order valence-electron chi connectivity index (χ3n) is 4.16. The second-order valence-corrected chi connectivity index (χ2v) is 8.32. The predicted octanol–water partition coefficient (Wildman–Crippen LogP) is 6.24. The summed E-state index contributed by atoms with van der Waals surface area (Å²) in [6.07, 6.45) is 1.66. The monoisotopic (exact) mass is 536 g/mol. The molecule has 0 unspecified atom stereocenters. The SMILES string of the molecule is COc1c(Br)cc(C(=O)c2nccc3c2[nH]c2ccc(Br)cc23)cc1Br. The molecule has 0 saturated heterocycles.